The summed E-state index contributed by atoms with van der Waals surface area (Å²) in [6.07, 6.45) is 2.51. The van der Waals surface area contributed by atoms with Gasteiger partial charge >= 0.3 is 5.97 Å². The van der Waals surface area contributed by atoms with E-state index in [2.05, 4.69) is 41.7 Å². The number of ether oxygens (including phenoxy) is 1. The van der Waals surface area contributed by atoms with E-state index in [9.17, 15) is 9.59 Å². The number of carbonyl (C=O) groups excluding carboxylic acids is 1. The summed E-state index contributed by atoms with van der Waals surface area (Å²) >= 11 is 0. The number of anilines is 1. The summed E-state index contributed by atoms with van der Waals surface area (Å²) in [7, 11) is 0. The molecule has 33 heavy (non-hydrogen) atoms. The zero-order valence-corrected chi connectivity index (χ0v) is 18.8. The van der Waals surface area contributed by atoms with Crippen LogP contribution < -0.4 is 15.8 Å². The number of carboxylic acids is 1. The number of benzene rings is 3. The number of carboxylic acid groups (broad SMARTS) is 1. The topological polar surface area (TPSA) is 102 Å². The van der Waals surface area contributed by atoms with Crippen molar-refractivity contribution in [2.24, 2.45) is 5.73 Å². The van der Waals surface area contributed by atoms with Crippen LogP contribution in [0.1, 0.15) is 31.7 Å². The fourth-order valence-electron chi connectivity index (χ4n) is 3.42. The molecule has 0 aliphatic carbocycles. The molecule has 0 aromatic heterocycles. The smallest absolute Gasteiger partial charge is 0.305 e. The molecule has 0 saturated heterocycles. The van der Waals surface area contributed by atoms with E-state index in [1.807, 2.05) is 18.2 Å². The number of hydrogen-bond donors (Lipinski definition) is 3. The maximum Gasteiger partial charge on any atom is 0.305 e. The lowest BCUT2D eigenvalue weighted by atomic mass is 9.98. The minimum absolute atomic E-state index is 0.447. The number of carbonyl (C=O) groups is 2. The van der Waals surface area contributed by atoms with Gasteiger partial charge in [-0.2, -0.15) is 0 Å². The van der Waals surface area contributed by atoms with Gasteiger partial charge in [-0.15, -0.1) is 0 Å². The van der Waals surface area contributed by atoms with Gasteiger partial charge in [0.05, 0.1) is 13.0 Å². The Morgan fingerprint density at radius 3 is 2.18 bits per heavy atom. The van der Waals surface area contributed by atoms with Crippen LogP contribution in [-0.4, -0.2) is 29.1 Å². The van der Waals surface area contributed by atoms with E-state index in [0.717, 1.165) is 19.3 Å². The van der Waals surface area contributed by atoms with Crippen LogP contribution in [0.15, 0.2) is 78.9 Å². The highest BCUT2D eigenvalue weighted by Gasteiger charge is 2.31. The summed E-state index contributed by atoms with van der Waals surface area (Å²) in [6.45, 7) is 2.00. The fourth-order valence-corrected chi connectivity index (χ4v) is 3.42. The Kier molecular flexibility index (Phi) is 8.22. The molecule has 0 heterocycles. The molecule has 1 atom stereocenters. The molecule has 0 unspecified atom stereocenters. The second-order valence-electron chi connectivity index (χ2n) is 8.34. The molecular weight excluding hydrogens is 416 g/mol. The van der Waals surface area contributed by atoms with E-state index in [1.54, 1.807) is 24.3 Å². The highest BCUT2D eigenvalue weighted by molar-refractivity contribution is 5.99. The van der Waals surface area contributed by atoms with Gasteiger partial charge in [0.1, 0.15) is 11.3 Å². The molecule has 3 rings (SSSR count). The number of aliphatic carboxylic acids is 1. The van der Waals surface area contributed by atoms with Gasteiger partial charge < -0.3 is 20.9 Å². The van der Waals surface area contributed by atoms with Gasteiger partial charge in [0.2, 0.25) is 5.91 Å². The van der Waals surface area contributed by atoms with Crippen molar-refractivity contribution in [3.8, 4) is 16.9 Å². The van der Waals surface area contributed by atoms with Crippen LogP contribution >= 0.6 is 0 Å². The lowest BCUT2D eigenvalue weighted by molar-refractivity contribution is -0.140. The molecule has 3 aromatic rings. The summed E-state index contributed by atoms with van der Waals surface area (Å²) in [5, 5.41) is 11.5. The lowest BCUT2D eigenvalue weighted by Gasteiger charge is -2.21. The van der Waals surface area contributed by atoms with Gasteiger partial charge in [-0.3, -0.25) is 9.59 Å². The van der Waals surface area contributed by atoms with E-state index in [-0.39, 0.29) is 0 Å². The molecule has 0 spiro atoms. The Bertz CT molecular complexity index is 1050. The first-order valence-electron chi connectivity index (χ1n) is 11.0. The number of nitrogens with one attached hydrogen (secondary N) is 1. The fraction of sp³-hybridized carbons (Fsp3) is 0.259. The van der Waals surface area contributed by atoms with Crippen LogP contribution in [0, 0.1) is 0 Å². The predicted octanol–water partition coefficient (Wildman–Crippen LogP) is 4.89. The van der Waals surface area contributed by atoms with Crippen molar-refractivity contribution in [2.45, 2.75) is 38.1 Å². The van der Waals surface area contributed by atoms with E-state index in [0.29, 0.717) is 18.0 Å². The molecule has 3 aromatic carbocycles. The molecule has 6 heteroatoms. The van der Waals surface area contributed by atoms with Crippen LogP contribution in [0.25, 0.3) is 11.1 Å². The summed E-state index contributed by atoms with van der Waals surface area (Å²) < 4.78 is 5.79. The number of unbranched alkanes of at least 4 members (excludes halogenated alkanes) is 1. The van der Waals surface area contributed by atoms with E-state index in [4.69, 9.17) is 15.6 Å². The van der Waals surface area contributed by atoms with Crippen LogP contribution in [0.2, 0.25) is 0 Å². The van der Waals surface area contributed by atoms with Crippen molar-refractivity contribution in [2.75, 3.05) is 11.9 Å². The Balaban J connectivity index is 1.38. The largest absolute Gasteiger partial charge is 0.494 e. The molecule has 0 bridgehead atoms. The first-order chi connectivity index (χ1) is 15.8. The van der Waals surface area contributed by atoms with Crippen molar-refractivity contribution in [3.05, 3.63) is 84.4 Å². The molecule has 0 aliphatic heterocycles. The minimum atomic E-state index is -1.48. The number of aryl methyl sites for hydroxylation is 1. The third-order valence-electron chi connectivity index (χ3n) is 5.34. The second-order valence-corrected chi connectivity index (χ2v) is 8.34. The van der Waals surface area contributed by atoms with Crippen molar-refractivity contribution in [3.63, 3.8) is 0 Å². The first kappa shape index (κ1) is 24.0. The Labute approximate surface area is 194 Å². The lowest BCUT2D eigenvalue weighted by Crippen LogP contribution is -2.49. The van der Waals surface area contributed by atoms with Crippen molar-refractivity contribution in [1.29, 1.82) is 0 Å². The van der Waals surface area contributed by atoms with Crippen LogP contribution in [-0.2, 0) is 16.0 Å². The monoisotopic (exact) mass is 446 g/mol. The molecule has 0 radical (unpaired) electrons. The van der Waals surface area contributed by atoms with Crippen LogP contribution in [0.4, 0.5) is 5.69 Å². The summed E-state index contributed by atoms with van der Waals surface area (Å²) in [5.41, 5.74) is 8.60. The third-order valence-corrected chi connectivity index (χ3v) is 5.34. The Morgan fingerprint density at radius 2 is 1.55 bits per heavy atom. The van der Waals surface area contributed by atoms with E-state index in [1.165, 1.54) is 23.6 Å². The quantitative estimate of drug-likeness (QED) is 0.364. The first-order valence-corrected chi connectivity index (χ1v) is 11.0. The van der Waals surface area contributed by atoms with Crippen molar-refractivity contribution >= 4 is 17.6 Å². The predicted molar refractivity (Wildman–Crippen MR) is 130 cm³/mol. The average Bonchev–Trinajstić information content (AvgIpc) is 2.80. The van der Waals surface area contributed by atoms with Crippen LogP contribution in [0.5, 0.6) is 5.75 Å². The maximum absolute atomic E-state index is 12.2. The molecular formula is C27H30N2O4. The molecule has 4 N–H and O–H groups in total. The summed E-state index contributed by atoms with van der Waals surface area (Å²) in [6, 6.07) is 26.0. The Hall–Kier alpha value is -3.64. The normalized spacial score (nSPS) is 12.5. The summed E-state index contributed by atoms with van der Waals surface area (Å²) in [5.74, 6) is -0.959. The molecule has 0 fully saturated rings. The standard InChI is InChI=1S/C27H30N2O4/c1-27(28,19-25(30)31)26(32)29-23-14-16-24(17-15-23)33-18-6-5-7-20-10-12-22(13-11-20)21-8-3-2-4-9-21/h2-4,8-17H,5-7,18-19,28H2,1H3,(H,29,32)(H,30,31)/t27-/m0/s1. The molecule has 172 valence electrons. The molecule has 1 amide bonds. The highest BCUT2D eigenvalue weighted by atomic mass is 16.5. The molecule has 6 nitrogen and oxygen atoms in total. The second kappa shape index (κ2) is 11.3. The maximum atomic E-state index is 12.2. The molecule has 0 aliphatic rings. The third kappa shape index (κ3) is 7.47. The van der Waals surface area contributed by atoms with Gasteiger partial charge in [-0.05, 0) is 67.1 Å². The van der Waals surface area contributed by atoms with Gasteiger partial charge in [0.15, 0.2) is 0 Å². The minimum Gasteiger partial charge on any atom is -0.494 e. The van der Waals surface area contributed by atoms with Gasteiger partial charge in [0.25, 0.3) is 0 Å². The number of hydrogen-bond acceptors (Lipinski definition) is 4. The number of nitrogens with two attached hydrogens (primary N) is 1. The van der Waals surface area contributed by atoms with Crippen molar-refractivity contribution in [1.82, 2.24) is 0 Å². The van der Waals surface area contributed by atoms with E-state index < -0.39 is 23.8 Å². The molecule has 0 saturated carbocycles. The van der Waals surface area contributed by atoms with Crippen molar-refractivity contribution < 1.29 is 19.4 Å². The zero-order valence-electron chi connectivity index (χ0n) is 18.8. The number of amides is 1. The van der Waals surface area contributed by atoms with Gasteiger partial charge in [0, 0.05) is 5.69 Å². The summed E-state index contributed by atoms with van der Waals surface area (Å²) in [4.78, 5) is 23.0. The average molecular weight is 447 g/mol. The van der Waals surface area contributed by atoms with Crippen LogP contribution in [0.3, 0.4) is 0 Å². The Morgan fingerprint density at radius 1 is 0.909 bits per heavy atom. The van der Waals surface area contributed by atoms with E-state index >= 15 is 0 Å². The SMILES string of the molecule is C[C@](N)(CC(=O)O)C(=O)Nc1ccc(OCCCCc2ccc(-c3ccccc3)cc2)cc1. The van der Waals surface area contributed by atoms with Gasteiger partial charge in [-0.25, -0.2) is 0 Å². The zero-order chi connectivity index (χ0) is 23.7. The van der Waals surface area contributed by atoms with Gasteiger partial charge in [-0.1, -0.05) is 54.6 Å². The highest BCUT2D eigenvalue weighted by Crippen LogP contribution is 2.21. The number of rotatable bonds is 11.